The SMILES string of the molecule is COc1cccc(CF)c1C1(N=C=O)CCCC1. The molecular formula is C14H16FNO2. The second-order valence-corrected chi connectivity index (χ2v) is 4.57. The Labute approximate surface area is 106 Å². The molecule has 0 unspecified atom stereocenters. The quantitative estimate of drug-likeness (QED) is 0.606. The second-order valence-electron chi connectivity index (χ2n) is 4.57. The fourth-order valence-corrected chi connectivity index (χ4v) is 2.85. The third-order valence-electron chi connectivity index (χ3n) is 3.63. The Kier molecular flexibility index (Phi) is 3.78. The van der Waals surface area contributed by atoms with E-state index in [2.05, 4.69) is 4.99 Å². The van der Waals surface area contributed by atoms with Crippen molar-refractivity contribution in [2.45, 2.75) is 37.9 Å². The van der Waals surface area contributed by atoms with Crippen molar-refractivity contribution in [1.29, 1.82) is 0 Å². The molecule has 1 aromatic rings. The molecule has 0 aliphatic heterocycles. The van der Waals surface area contributed by atoms with Gasteiger partial charge in [0, 0.05) is 5.56 Å². The number of nitrogens with zero attached hydrogens (tertiary/aromatic N) is 1. The Morgan fingerprint density at radius 3 is 2.72 bits per heavy atom. The van der Waals surface area contributed by atoms with Crippen molar-refractivity contribution in [1.82, 2.24) is 0 Å². The molecule has 0 amide bonds. The largest absolute Gasteiger partial charge is 0.496 e. The number of methoxy groups -OCH3 is 1. The van der Waals surface area contributed by atoms with Crippen LogP contribution in [0.15, 0.2) is 23.2 Å². The molecular weight excluding hydrogens is 233 g/mol. The van der Waals surface area contributed by atoms with Crippen LogP contribution in [0.2, 0.25) is 0 Å². The van der Waals surface area contributed by atoms with Gasteiger partial charge >= 0.3 is 0 Å². The highest BCUT2D eigenvalue weighted by atomic mass is 19.1. The third-order valence-corrected chi connectivity index (χ3v) is 3.63. The van der Waals surface area contributed by atoms with E-state index >= 15 is 0 Å². The maximum Gasteiger partial charge on any atom is 0.235 e. The maximum absolute atomic E-state index is 13.2. The van der Waals surface area contributed by atoms with Crippen molar-refractivity contribution in [2.75, 3.05) is 7.11 Å². The van der Waals surface area contributed by atoms with E-state index in [0.717, 1.165) is 31.2 Å². The summed E-state index contributed by atoms with van der Waals surface area (Å²) in [4.78, 5) is 14.7. The van der Waals surface area contributed by atoms with Gasteiger partial charge in [0.1, 0.15) is 18.0 Å². The molecule has 0 heterocycles. The number of benzene rings is 1. The fourth-order valence-electron chi connectivity index (χ4n) is 2.85. The standard InChI is InChI=1S/C14H16FNO2/c1-18-12-6-4-5-11(9-15)13(12)14(16-10-17)7-2-3-8-14/h4-6H,2-3,7-9H2,1H3. The predicted molar refractivity (Wildman–Crippen MR) is 66.1 cm³/mol. The van der Waals surface area contributed by atoms with Gasteiger partial charge in [0.15, 0.2) is 0 Å². The lowest BCUT2D eigenvalue weighted by atomic mass is 9.85. The van der Waals surface area contributed by atoms with E-state index in [4.69, 9.17) is 4.74 Å². The number of hydrogen-bond acceptors (Lipinski definition) is 3. The minimum atomic E-state index is -0.643. The summed E-state index contributed by atoms with van der Waals surface area (Å²) in [6.07, 6.45) is 5.10. The third kappa shape index (κ3) is 2.04. The van der Waals surface area contributed by atoms with Crippen LogP contribution in [0.5, 0.6) is 5.75 Å². The Hall–Kier alpha value is -1.67. The molecule has 0 N–H and O–H groups in total. The van der Waals surface area contributed by atoms with Crippen LogP contribution in [0.4, 0.5) is 4.39 Å². The van der Waals surface area contributed by atoms with Crippen LogP contribution >= 0.6 is 0 Å². The molecule has 0 saturated heterocycles. The van der Waals surface area contributed by atoms with E-state index in [0.29, 0.717) is 11.3 Å². The van der Waals surface area contributed by atoms with Gasteiger partial charge in [0.25, 0.3) is 0 Å². The number of hydrogen-bond donors (Lipinski definition) is 0. The number of aliphatic imine (C=N–C) groups is 1. The number of rotatable bonds is 4. The zero-order valence-corrected chi connectivity index (χ0v) is 10.4. The average molecular weight is 249 g/mol. The van der Waals surface area contributed by atoms with E-state index in [1.807, 2.05) is 0 Å². The summed E-state index contributed by atoms with van der Waals surface area (Å²) in [7, 11) is 1.55. The van der Waals surface area contributed by atoms with Gasteiger partial charge in [-0.2, -0.15) is 4.99 Å². The first-order valence-corrected chi connectivity index (χ1v) is 6.09. The van der Waals surface area contributed by atoms with Gasteiger partial charge in [-0.05, 0) is 24.5 Å². The van der Waals surface area contributed by atoms with E-state index < -0.39 is 12.2 Å². The highest BCUT2D eigenvalue weighted by Crippen LogP contribution is 2.47. The van der Waals surface area contributed by atoms with E-state index in [9.17, 15) is 9.18 Å². The van der Waals surface area contributed by atoms with Crippen LogP contribution in [-0.2, 0) is 17.0 Å². The van der Waals surface area contributed by atoms with Gasteiger partial charge < -0.3 is 4.74 Å². The lowest BCUT2D eigenvalue weighted by Crippen LogP contribution is -2.22. The first kappa shape index (κ1) is 12.8. The van der Waals surface area contributed by atoms with E-state index in [1.165, 1.54) is 0 Å². The summed E-state index contributed by atoms with van der Waals surface area (Å²) in [6.45, 7) is -0.581. The topological polar surface area (TPSA) is 38.7 Å². The van der Waals surface area contributed by atoms with Gasteiger partial charge in [-0.1, -0.05) is 25.0 Å². The molecule has 1 aliphatic carbocycles. The summed E-state index contributed by atoms with van der Waals surface area (Å²) in [5.41, 5.74) is 0.626. The number of halogens is 1. The maximum atomic E-state index is 13.2. The van der Waals surface area contributed by atoms with Crippen molar-refractivity contribution in [2.24, 2.45) is 4.99 Å². The van der Waals surface area contributed by atoms with Crippen LogP contribution in [0, 0.1) is 0 Å². The van der Waals surface area contributed by atoms with Crippen LogP contribution in [-0.4, -0.2) is 13.2 Å². The molecule has 0 radical (unpaired) electrons. The van der Waals surface area contributed by atoms with Crippen molar-refractivity contribution >= 4 is 6.08 Å². The van der Waals surface area contributed by atoms with Crippen LogP contribution in [0.3, 0.4) is 0 Å². The summed E-state index contributed by atoms with van der Waals surface area (Å²) in [5, 5.41) is 0. The fraction of sp³-hybridized carbons (Fsp3) is 0.500. The summed E-state index contributed by atoms with van der Waals surface area (Å²) >= 11 is 0. The highest BCUT2D eigenvalue weighted by molar-refractivity contribution is 5.48. The molecule has 0 bridgehead atoms. The normalized spacial score (nSPS) is 17.2. The van der Waals surface area contributed by atoms with Crippen molar-refractivity contribution in [3.05, 3.63) is 29.3 Å². The van der Waals surface area contributed by atoms with Gasteiger partial charge in [-0.3, -0.25) is 0 Å². The van der Waals surface area contributed by atoms with E-state index in [-0.39, 0.29) is 0 Å². The second kappa shape index (κ2) is 5.32. The minimum Gasteiger partial charge on any atom is -0.496 e. The highest BCUT2D eigenvalue weighted by Gasteiger charge is 2.39. The molecule has 2 rings (SSSR count). The van der Waals surface area contributed by atoms with Gasteiger partial charge in [-0.15, -0.1) is 0 Å². The monoisotopic (exact) mass is 249 g/mol. The Balaban J connectivity index is 2.62. The molecule has 0 spiro atoms. The Bertz CT molecular complexity index is 452. The number of alkyl halides is 1. The zero-order valence-electron chi connectivity index (χ0n) is 10.4. The Morgan fingerprint density at radius 1 is 1.44 bits per heavy atom. The molecule has 1 aliphatic rings. The van der Waals surface area contributed by atoms with Crippen molar-refractivity contribution in [3.63, 3.8) is 0 Å². The molecule has 96 valence electrons. The first-order valence-electron chi connectivity index (χ1n) is 6.09. The van der Waals surface area contributed by atoms with Crippen molar-refractivity contribution in [3.8, 4) is 5.75 Å². The molecule has 1 saturated carbocycles. The lowest BCUT2D eigenvalue weighted by molar-refractivity contribution is 0.370. The molecule has 0 aromatic heterocycles. The lowest BCUT2D eigenvalue weighted by Gasteiger charge is -2.27. The molecule has 1 fully saturated rings. The zero-order chi connectivity index (χ0) is 13.0. The minimum absolute atomic E-state index is 0.551. The van der Waals surface area contributed by atoms with Gasteiger partial charge in [0.2, 0.25) is 6.08 Å². The van der Waals surface area contributed by atoms with Crippen molar-refractivity contribution < 1.29 is 13.9 Å². The summed E-state index contributed by atoms with van der Waals surface area (Å²) in [5.74, 6) is 0.603. The van der Waals surface area contributed by atoms with Crippen LogP contribution in [0.25, 0.3) is 0 Å². The van der Waals surface area contributed by atoms with E-state index in [1.54, 1.807) is 31.4 Å². The smallest absolute Gasteiger partial charge is 0.235 e. The van der Waals surface area contributed by atoms with Gasteiger partial charge in [-0.25, -0.2) is 9.18 Å². The number of isocyanates is 1. The molecule has 1 aromatic carbocycles. The Morgan fingerprint density at radius 2 is 2.17 bits per heavy atom. The predicted octanol–water partition coefficient (Wildman–Crippen LogP) is 3.27. The van der Waals surface area contributed by atoms with Crippen LogP contribution < -0.4 is 4.74 Å². The van der Waals surface area contributed by atoms with Crippen LogP contribution in [0.1, 0.15) is 36.8 Å². The molecule has 0 atom stereocenters. The molecule has 4 heteroatoms. The van der Waals surface area contributed by atoms with Gasteiger partial charge in [0.05, 0.1) is 7.11 Å². The summed E-state index contributed by atoms with van der Waals surface area (Å²) < 4.78 is 18.5. The number of carbonyl (C=O) groups excluding carboxylic acids is 1. The first-order chi connectivity index (χ1) is 8.77. The molecule has 3 nitrogen and oxygen atoms in total. The summed E-state index contributed by atoms with van der Waals surface area (Å²) in [6, 6.07) is 5.26. The number of ether oxygens (including phenoxy) is 1. The average Bonchev–Trinajstić information content (AvgIpc) is 2.87. The molecule has 18 heavy (non-hydrogen) atoms.